The zero-order valence-electron chi connectivity index (χ0n) is 12.1. The van der Waals surface area contributed by atoms with E-state index in [4.69, 9.17) is 27.9 Å². The first kappa shape index (κ1) is 18.5. The van der Waals surface area contributed by atoms with E-state index >= 15 is 0 Å². The van der Waals surface area contributed by atoms with E-state index in [0.717, 1.165) is 10.0 Å². The molecular formula is C15H14BrCl2NO3S. The van der Waals surface area contributed by atoms with E-state index in [1.54, 1.807) is 7.11 Å². The van der Waals surface area contributed by atoms with Crippen LogP contribution in [0, 0.1) is 0 Å². The highest BCUT2D eigenvalue weighted by Crippen LogP contribution is 2.26. The summed E-state index contributed by atoms with van der Waals surface area (Å²) in [6.45, 7) is 0.206. The van der Waals surface area contributed by atoms with Crippen LogP contribution in [-0.4, -0.2) is 22.1 Å². The molecule has 0 radical (unpaired) electrons. The molecule has 0 fully saturated rings. The maximum atomic E-state index is 12.3. The average Bonchev–Trinajstić information content (AvgIpc) is 2.49. The molecule has 0 aromatic heterocycles. The zero-order valence-corrected chi connectivity index (χ0v) is 16.1. The lowest BCUT2D eigenvalue weighted by Gasteiger charge is -2.11. The van der Waals surface area contributed by atoms with Crippen LogP contribution in [0.2, 0.25) is 10.0 Å². The number of benzene rings is 2. The third-order valence-corrected chi connectivity index (χ3v) is 5.78. The van der Waals surface area contributed by atoms with Gasteiger partial charge in [0.1, 0.15) is 10.6 Å². The van der Waals surface area contributed by atoms with Gasteiger partial charge in [0.25, 0.3) is 0 Å². The summed E-state index contributed by atoms with van der Waals surface area (Å²) in [4.78, 5) is -0.0344. The SMILES string of the molecule is COc1ccc(Br)cc1CCNS(=O)(=O)c1cc(Cl)ccc1Cl. The molecule has 0 unspecified atom stereocenters. The summed E-state index contributed by atoms with van der Waals surface area (Å²) in [6, 6.07) is 9.89. The quantitative estimate of drug-likeness (QED) is 0.731. The molecule has 0 aliphatic carbocycles. The van der Waals surface area contributed by atoms with E-state index in [1.807, 2.05) is 18.2 Å². The molecule has 0 heterocycles. The van der Waals surface area contributed by atoms with Gasteiger partial charge >= 0.3 is 0 Å². The van der Waals surface area contributed by atoms with Crippen LogP contribution in [0.1, 0.15) is 5.56 Å². The van der Waals surface area contributed by atoms with E-state index in [0.29, 0.717) is 17.2 Å². The summed E-state index contributed by atoms with van der Waals surface area (Å²) < 4.78 is 33.3. The first-order valence-electron chi connectivity index (χ1n) is 6.60. The predicted octanol–water partition coefficient (Wildman–Crippen LogP) is 4.29. The molecule has 2 aromatic rings. The minimum Gasteiger partial charge on any atom is -0.496 e. The molecule has 0 saturated carbocycles. The van der Waals surface area contributed by atoms with Gasteiger partial charge in [-0.3, -0.25) is 0 Å². The smallest absolute Gasteiger partial charge is 0.242 e. The molecule has 0 saturated heterocycles. The highest BCUT2D eigenvalue weighted by atomic mass is 79.9. The number of rotatable bonds is 6. The monoisotopic (exact) mass is 437 g/mol. The minimum absolute atomic E-state index is 0.0344. The predicted molar refractivity (Wildman–Crippen MR) is 96.0 cm³/mol. The van der Waals surface area contributed by atoms with Gasteiger partial charge in [-0.25, -0.2) is 13.1 Å². The second kappa shape index (κ2) is 7.85. The van der Waals surface area contributed by atoms with Gasteiger partial charge < -0.3 is 4.74 Å². The molecule has 124 valence electrons. The number of hydrogen-bond donors (Lipinski definition) is 1. The van der Waals surface area contributed by atoms with Crippen molar-refractivity contribution in [3.63, 3.8) is 0 Å². The molecule has 23 heavy (non-hydrogen) atoms. The Kier molecular flexibility index (Phi) is 6.33. The minimum atomic E-state index is -3.73. The first-order valence-corrected chi connectivity index (χ1v) is 9.64. The fourth-order valence-corrected chi connectivity index (χ4v) is 4.22. The Hall–Kier alpha value is -0.790. The fraction of sp³-hybridized carbons (Fsp3) is 0.200. The van der Waals surface area contributed by atoms with Crippen LogP contribution in [-0.2, 0) is 16.4 Å². The number of halogens is 3. The summed E-state index contributed by atoms with van der Waals surface area (Å²) in [7, 11) is -2.16. The molecule has 4 nitrogen and oxygen atoms in total. The average molecular weight is 439 g/mol. The van der Waals surface area contributed by atoms with E-state index in [-0.39, 0.29) is 16.5 Å². The molecule has 1 N–H and O–H groups in total. The van der Waals surface area contributed by atoms with Crippen LogP contribution in [0.3, 0.4) is 0 Å². The number of ether oxygens (including phenoxy) is 1. The van der Waals surface area contributed by atoms with Crippen LogP contribution in [0.5, 0.6) is 5.75 Å². The van der Waals surface area contributed by atoms with Crippen LogP contribution in [0.25, 0.3) is 0 Å². The Morgan fingerprint density at radius 1 is 1.17 bits per heavy atom. The van der Waals surface area contributed by atoms with Crippen LogP contribution in [0.15, 0.2) is 45.8 Å². The molecule has 0 bridgehead atoms. The van der Waals surface area contributed by atoms with E-state index in [2.05, 4.69) is 20.7 Å². The lowest BCUT2D eigenvalue weighted by molar-refractivity contribution is 0.409. The van der Waals surface area contributed by atoms with Gasteiger partial charge in [0, 0.05) is 16.0 Å². The van der Waals surface area contributed by atoms with E-state index in [1.165, 1.54) is 18.2 Å². The van der Waals surface area contributed by atoms with Gasteiger partial charge in [0.05, 0.1) is 12.1 Å². The van der Waals surface area contributed by atoms with Crippen molar-refractivity contribution < 1.29 is 13.2 Å². The second-order valence-electron chi connectivity index (χ2n) is 4.68. The van der Waals surface area contributed by atoms with Crippen molar-refractivity contribution in [1.29, 1.82) is 0 Å². The second-order valence-corrected chi connectivity index (χ2v) is 8.17. The standard InChI is InChI=1S/C15H14BrCl2NO3S/c1-22-14-5-2-11(16)8-10(14)6-7-19-23(20,21)15-9-12(17)3-4-13(15)18/h2-5,8-9,19H,6-7H2,1H3. The Labute approximate surface area is 153 Å². The maximum Gasteiger partial charge on any atom is 0.242 e. The van der Waals surface area contributed by atoms with Crippen LogP contribution >= 0.6 is 39.1 Å². The molecule has 8 heteroatoms. The Morgan fingerprint density at radius 3 is 2.61 bits per heavy atom. The molecular weight excluding hydrogens is 425 g/mol. The summed E-state index contributed by atoms with van der Waals surface area (Å²) in [5, 5.41) is 0.436. The molecule has 0 aliphatic rings. The van der Waals surface area contributed by atoms with E-state index in [9.17, 15) is 8.42 Å². The lowest BCUT2D eigenvalue weighted by Crippen LogP contribution is -2.26. The maximum absolute atomic E-state index is 12.3. The normalized spacial score (nSPS) is 11.5. The zero-order chi connectivity index (χ0) is 17.0. The first-order chi connectivity index (χ1) is 10.8. The van der Waals surface area contributed by atoms with Gasteiger partial charge in [-0.2, -0.15) is 0 Å². The van der Waals surface area contributed by atoms with Crippen molar-refractivity contribution in [2.24, 2.45) is 0 Å². The summed E-state index contributed by atoms with van der Waals surface area (Å²) >= 11 is 15.2. The van der Waals surface area contributed by atoms with Crippen molar-refractivity contribution in [2.45, 2.75) is 11.3 Å². The summed E-state index contributed by atoms with van der Waals surface area (Å²) in [5.74, 6) is 0.702. The summed E-state index contributed by atoms with van der Waals surface area (Å²) in [5.41, 5.74) is 0.891. The van der Waals surface area contributed by atoms with Crippen LogP contribution in [0.4, 0.5) is 0 Å². The van der Waals surface area contributed by atoms with Crippen molar-refractivity contribution in [2.75, 3.05) is 13.7 Å². The van der Waals surface area contributed by atoms with Gasteiger partial charge in [-0.05, 0) is 48.4 Å². The van der Waals surface area contributed by atoms with Crippen molar-refractivity contribution in [3.05, 3.63) is 56.5 Å². The number of sulfonamides is 1. The fourth-order valence-electron chi connectivity index (χ4n) is 2.02. The van der Waals surface area contributed by atoms with Gasteiger partial charge in [-0.1, -0.05) is 39.1 Å². The molecule has 2 rings (SSSR count). The third kappa shape index (κ3) is 4.84. The Bertz CT molecular complexity index is 812. The van der Waals surface area contributed by atoms with E-state index < -0.39 is 10.0 Å². The lowest BCUT2D eigenvalue weighted by atomic mass is 10.1. The third-order valence-electron chi connectivity index (χ3n) is 3.11. The highest BCUT2D eigenvalue weighted by Gasteiger charge is 2.18. The van der Waals surface area contributed by atoms with Crippen molar-refractivity contribution in [1.82, 2.24) is 4.72 Å². The van der Waals surface area contributed by atoms with Crippen molar-refractivity contribution >= 4 is 49.2 Å². The molecule has 0 atom stereocenters. The van der Waals surface area contributed by atoms with Gasteiger partial charge in [-0.15, -0.1) is 0 Å². The molecule has 0 amide bonds. The number of methoxy groups -OCH3 is 1. The Balaban J connectivity index is 2.11. The molecule has 0 aliphatic heterocycles. The Morgan fingerprint density at radius 2 is 1.91 bits per heavy atom. The highest BCUT2D eigenvalue weighted by molar-refractivity contribution is 9.10. The molecule has 2 aromatic carbocycles. The largest absolute Gasteiger partial charge is 0.496 e. The number of nitrogens with one attached hydrogen (secondary N) is 1. The topological polar surface area (TPSA) is 55.4 Å². The number of hydrogen-bond acceptors (Lipinski definition) is 3. The van der Waals surface area contributed by atoms with Crippen molar-refractivity contribution in [3.8, 4) is 5.75 Å². The van der Waals surface area contributed by atoms with Crippen LogP contribution < -0.4 is 9.46 Å². The molecule has 0 spiro atoms. The summed E-state index contributed by atoms with van der Waals surface area (Å²) in [6.07, 6.45) is 0.472. The van der Waals surface area contributed by atoms with Gasteiger partial charge in [0.2, 0.25) is 10.0 Å². The van der Waals surface area contributed by atoms with Gasteiger partial charge in [0.15, 0.2) is 0 Å².